The predicted octanol–water partition coefficient (Wildman–Crippen LogP) is 0.180. The number of fused-ring (bicyclic) bond motifs is 1. The van der Waals surface area contributed by atoms with Gasteiger partial charge in [-0.25, -0.2) is 9.97 Å². The molecule has 4 heterocycles. The fourth-order valence-electron chi connectivity index (χ4n) is 3.12. The number of aromatic nitrogens is 4. The second-order valence-corrected chi connectivity index (χ2v) is 5.64. The fourth-order valence-corrected chi connectivity index (χ4v) is 3.12. The Bertz CT molecular complexity index is 673. The number of aromatic amines is 1. The van der Waals surface area contributed by atoms with Crippen LogP contribution in [0, 0.1) is 0 Å². The first-order valence-electron chi connectivity index (χ1n) is 7.62. The summed E-state index contributed by atoms with van der Waals surface area (Å²) in [5.74, 6) is 1.01. The molecule has 1 amide bonds. The van der Waals surface area contributed by atoms with Gasteiger partial charge in [-0.05, 0) is 12.8 Å². The van der Waals surface area contributed by atoms with Gasteiger partial charge in [0.25, 0.3) is 5.91 Å². The Labute approximate surface area is 127 Å². The van der Waals surface area contributed by atoms with Crippen LogP contribution in [0.1, 0.15) is 12.8 Å². The van der Waals surface area contributed by atoms with Crippen LogP contribution in [0.2, 0.25) is 0 Å². The van der Waals surface area contributed by atoms with Crippen LogP contribution in [-0.4, -0.2) is 69.9 Å². The number of ether oxygens (including phenoxy) is 1. The zero-order chi connectivity index (χ0) is 14.9. The molecule has 8 nitrogen and oxygen atoms in total. The molecule has 1 unspecified atom stereocenters. The molecule has 2 aromatic rings. The lowest BCUT2D eigenvalue weighted by Gasteiger charge is -2.36. The Morgan fingerprint density at radius 3 is 2.91 bits per heavy atom. The fraction of sp³-hybridized carbons (Fsp3) is 0.571. The number of amides is 1. The van der Waals surface area contributed by atoms with E-state index in [1.165, 1.54) is 0 Å². The van der Waals surface area contributed by atoms with Crippen LogP contribution >= 0.6 is 0 Å². The van der Waals surface area contributed by atoms with Gasteiger partial charge in [-0.15, -0.1) is 0 Å². The van der Waals surface area contributed by atoms with Gasteiger partial charge >= 0.3 is 0 Å². The van der Waals surface area contributed by atoms with E-state index in [0.29, 0.717) is 19.7 Å². The first-order valence-corrected chi connectivity index (χ1v) is 7.62. The summed E-state index contributed by atoms with van der Waals surface area (Å²) in [7, 11) is 0. The topological polar surface area (TPSA) is 87.2 Å². The molecule has 0 saturated carbocycles. The zero-order valence-electron chi connectivity index (χ0n) is 12.2. The molecule has 22 heavy (non-hydrogen) atoms. The highest BCUT2D eigenvalue weighted by Crippen LogP contribution is 2.23. The highest BCUT2D eigenvalue weighted by Gasteiger charge is 2.30. The molecule has 116 valence electrons. The van der Waals surface area contributed by atoms with Gasteiger partial charge in [0.1, 0.15) is 18.2 Å². The van der Waals surface area contributed by atoms with Gasteiger partial charge in [-0.1, -0.05) is 0 Å². The number of anilines is 1. The van der Waals surface area contributed by atoms with Crippen molar-refractivity contribution in [2.24, 2.45) is 0 Å². The molecule has 0 aromatic carbocycles. The van der Waals surface area contributed by atoms with Crippen LogP contribution < -0.4 is 4.90 Å². The minimum absolute atomic E-state index is 0.133. The minimum atomic E-state index is -0.230. The number of nitrogens with one attached hydrogen (secondary N) is 1. The summed E-state index contributed by atoms with van der Waals surface area (Å²) in [5.41, 5.74) is 0.739. The standard InChI is InChI=1S/C14H18N6O2/c21-14(11-2-1-7-22-11)20-5-3-19(4-6-20)13-10-8-17-18-12(10)15-9-16-13/h8-9,11H,1-7H2,(H,15,16,17,18). The van der Waals surface area contributed by atoms with Crippen molar-refractivity contribution in [3.63, 3.8) is 0 Å². The largest absolute Gasteiger partial charge is 0.368 e. The maximum atomic E-state index is 12.4. The quantitative estimate of drug-likeness (QED) is 0.851. The van der Waals surface area contributed by atoms with Crippen molar-refractivity contribution in [3.8, 4) is 0 Å². The van der Waals surface area contributed by atoms with Crippen molar-refractivity contribution < 1.29 is 9.53 Å². The third-order valence-electron chi connectivity index (χ3n) is 4.32. The molecular weight excluding hydrogens is 284 g/mol. The summed E-state index contributed by atoms with van der Waals surface area (Å²) in [5, 5.41) is 7.79. The molecule has 0 spiro atoms. The average Bonchev–Trinajstić information content (AvgIpc) is 3.25. The van der Waals surface area contributed by atoms with E-state index in [-0.39, 0.29) is 12.0 Å². The second kappa shape index (κ2) is 5.53. The van der Waals surface area contributed by atoms with Crippen molar-refractivity contribution in [1.29, 1.82) is 0 Å². The molecule has 8 heteroatoms. The molecule has 2 fully saturated rings. The Morgan fingerprint density at radius 1 is 1.27 bits per heavy atom. The smallest absolute Gasteiger partial charge is 0.251 e. The average molecular weight is 302 g/mol. The van der Waals surface area contributed by atoms with E-state index in [0.717, 1.165) is 42.8 Å². The number of carbonyl (C=O) groups excluding carboxylic acids is 1. The van der Waals surface area contributed by atoms with E-state index < -0.39 is 0 Å². The Balaban J connectivity index is 1.45. The lowest BCUT2D eigenvalue weighted by atomic mass is 10.2. The van der Waals surface area contributed by atoms with E-state index >= 15 is 0 Å². The number of piperazine rings is 1. The van der Waals surface area contributed by atoms with Gasteiger partial charge < -0.3 is 14.5 Å². The van der Waals surface area contributed by atoms with Gasteiger partial charge in [-0.3, -0.25) is 9.89 Å². The highest BCUT2D eigenvalue weighted by molar-refractivity contribution is 5.86. The lowest BCUT2D eigenvalue weighted by Crippen LogP contribution is -2.51. The third kappa shape index (κ3) is 2.29. The van der Waals surface area contributed by atoms with E-state index in [9.17, 15) is 4.79 Å². The number of nitrogens with zero attached hydrogens (tertiary/aromatic N) is 5. The van der Waals surface area contributed by atoms with Crippen molar-refractivity contribution in [3.05, 3.63) is 12.5 Å². The highest BCUT2D eigenvalue weighted by atomic mass is 16.5. The Hall–Kier alpha value is -2.22. The molecule has 2 aliphatic rings. The molecule has 0 bridgehead atoms. The number of hydrogen-bond acceptors (Lipinski definition) is 6. The van der Waals surface area contributed by atoms with Crippen molar-refractivity contribution in [2.45, 2.75) is 18.9 Å². The van der Waals surface area contributed by atoms with Gasteiger partial charge in [0.2, 0.25) is 0 Å². The molecule has 4 rings (SSSR count). The van der Waals surface area contributed by atoms with Crippen molar-refractivity contribution in [1.82, 2.24) is 25.1 Å². The van der Waals surface area contributed by atoms with Crippen LogP contribution in [-0.2, 0) is 9.53 Å². The molecular formula is C14H18N6O2. The van der Waals surface area contributed by atoms with E-state index in [1.807, 2.05) is 4.90 Å². The van der Waals surface area contributed by atoms with E-state index in [2.05, 4.69) is 25.1 Å². The molecule has 1 atom stereocenters. The summed E-state index contributed by atoms with van der Waals surface area (Å²) in [6.45, 7) is 3.62. The monoisotopic (exact) mass is 302 g/mol. The second-order valence-electron chi connectivity index (χ2n) is 5.64. The SMILES string of the molecule is O=C(C1CCCO1)N1CCN(c2ncnc3[nH]ncc23)CC1. The summed E-state index contributed by atoms with van der Waals surface area (Å²) in [6, 6.07) is 0. The van der Waals surface area contributed by atoms with Crippen molar-refractivity contribution in [2.75, 3.05) is 37.7 Å². The normalized spacial score (nSPS) is 22.5. The minimum Gasteiger partial charge on any atom is -0.368 e. The first kappa shape index (κ1) is 13.4. The third-order valence-corrected chi connectivity index (χ3v) is 4.32. The molecule has 2 aliphatic heterocycles. The van der Waals surface area contributed by atoms with Gasteiger partial charge in [0.05, 0.1) is 11.6 Å². The van der Waals surface area contributed by atoms with Gasteiger partial charge in [0, 0.05) is 32.8 Å². The molecule has 2 aromatic heterocycles. The van der Waals surface area contributed by atoms with Gasteiger partial charge in [0.15, 0.2) is 5.65 Å². The number of rotatable bonds is 2. The molecule has 0 aliphatic carbocycles. The maximum absolute atomic E-state index is 12.4. The van der Waals surface area contributed by atoms with Crippen LogP contribution in [0.3, 0.4) is 0 Å². The Morgan fingerprint density at radius 2 is 2.14 bits per heavy atom. The first-order chi connectivity index (χ1) is 10.8. The van der Waals surface area contributed by atoms with Crippen LogP contribution in [0.15, 0.2) is 12.5 Å². The predicted molar refractivity (Wildman–Crippen MR) is 79.5 cm³/mol. The lowest BCUT2D eigenvalue weighted by molar-refractivity contribution is -0.141. The van der Waals surface area contributed by atoms with E-state index in [4.69, 9.17) is 4.74 Å². The van der Waals surface area contributed by atoms with Crippen LogP contribution in [0.4, 0.5) is 5.82 Å². The van der Waals surface area contributed by atoms with Gasteiger partial charge in [-0.2, -0.15) is 5.10 Å². The summed E-state index contributed by atoms with van der Waals surface area (Å²) >= 11 is 0. The summed E-state index contributed by atoms with van der Waals surface area (Å²) in [6.07, 6.45) is 4.89. The number of carbonyl (C=O) groups is 1. The number of hydrogen-bond donors (Lipinski definition) is 1. The molecule has 2 saturated heterocycles. The van der Waals surface area contributed by atoms with Crippen molar-refractivity contribution >= 4 is 22.8 Å². The maximum Gasteiger partial charge on any atom is 0.251 e. The Kier molecular flexibility index (Phi) is 3.38. The molecule has 0 radical (unpaired) electrons. The van der Waals surface area contributed by atoms with Crippen LogP contribution in [0.5, 0.6) is 0 Å². The zero-order valence-corrected chi connectivity index (χ0v) is 12.2. The number of H-pyrrole nitrogens is 1. The van der Waals surface area contributed by atoms with Crippen LogP contribution in [0.25, 0.3) is 11.0 Å². The molecule has 1 N–H and O–H groups in total. The van der Waals surface area contributed by atoms with E-state index in [1.54, 1.807) is 12.5 Å². The summed E-state index contributed by atoms with van der Waals surface area (Å²) in [4.78, 5) is 25.0. The summed E-state index contributed by atoms with van der Waals surface area (Å²) < 4.78 is 5.49.